The minimum absolute atomic E-state index is 0.0914. The van der Waals surface area contributed by atoms with Gasteiger partial charge in [0, 0.05) is 31.8 Å². The Morgan fingerprint density at radius 3 is 2.54 bits per heavy atom. The highest BCUT2D eigenvalue weighted by Crippen LogP contribution is 2.22. The van der Waals surface area contributed by atoms with Crippen LogP contribution in [-0.2, 0) is 23.1 Å². The minimum Gasteiger partial charge on any atom is -0.356 e. The maximum absolute atomic E-state index is 12.1. The molecule has 2 aromatic heterocycles. The van der Waals surface area contributed by atoms with Gasteiger partial charge in [-0.25, -0.2) is 4.98 Å². The Kier molecular flexibility index (Phi) is 5.40. The molecular weight excluding hydrogens is 322 g/mol. The second kappa shape index (κ2) is 7.73. The van der Waals surface area contributed by atoms with Gasteiger partial charge in [0.1, 0.15) is 5.65 Å². The fraction of sp³-hybridized carbons (Fsp3) is 0.364. The largest absolute Gasteiger partial charge is 0.356 e. The summed E-state index contributed by atoms with van der Waals surface area (Å²) in [7, 11) is 0. The first-order valence-corrected chi connectivity index (χ1v) is 9.20. The summed E-state index contributed by atoms with van der Waals surface area (Å²) in [5, 5.41) is 2.99. The maximum atomic E-state index is 12.1. The van der Waals surface area contributed by atoms with Crippen molar-refractivity contribution < 1.29 is 4.79 Å². The van der Waals surface area contributed by atoms with Crippen LogP contribution in [0.5, 0.6) is 0 Å². The summed E-state index contributed by atoms with van der Waals surface area (Å²) in [4.78, 5) is 16.6. The minimum atomic E-state index is 0.0914. The summed E-state index contributed by atoms with van der Waals surface area (Å²) in [6.45, 7) is 7.24. The number of aryl methyl sites for hydroxylation is 1. The lowest BCUT2D eigenvalue weighted by atomic mass is 9.86. The summed E-state index contributed by atoms with van der Waals surface area (Å²) in [6, 6.07) is 14.5. The predicted molar refractivity (Wildman–Crippen MR) is 105 cm³/mol. The molecule has 0 fully saturated rings. The van der Waals surface area contributed by atoms with Crippen molar-refractivity contribution in [3.05, 3.63) is 71.7 Å². The zero-order valence-electron chi connectivity index (χ0n) is 15.8. The number of carbonyl (C=O) groups excluding carboxylic acids is 1. The molecule has 2 heterocycles. The number of nitrogens with one attached hydrogen (secondary N) is 1. The fourth-order valence-corrected chi connectivity index (χ4v) is 2.96. The molecule has 0 radical (unpaired) electrons. The lowest BCUT2D eigenvalue weighted by Gasteiger charge is -2.19. The van der Waals surface area contributed by atoms with E-state index in [1.165, 1.54) is 11.1 Å². The van der Waals surface area contributed by atoms with Gasteiger partial charge in [0.2, 0.25) is 5.91 Å². The topological polar surface area (TPSA) is 46.4 Å². The number of pyridine rings is 1. The molecule has 1 aromatic carbocycles. The Balaban J connectivity index is 1.42. The van der Waals surface area contributed by atoms with Crippen LogP contribution in [0.15, 0.2) is 54.9 Å². The van der Waals surface area contributed by atoms with Gasteiger partial charge in [0.15, 0.2) is 0 Å². The number of aromatic nitrogens is 2. The molecule has 0 aliphatic rings. The first kappa shape index (κ1) is 18.2. The van der Waals surface area contributed by atoms with Gasteiger partial charge >= 0.3 is 0 Å². The van der Waals surface area contributed by atoms with Crippen LogP contribution in [-0.4, -0.2) is 21.8 Å². The number of hydrogen-bond acceptors (Lipinski definition) is 2. The molecule has 0 aliphatic carbocycles. The Hall–Kier alpha value is -2.62. The zero-order valence-corrected chi connectivity index (χ0v) is 15.8. The Labute approximate surface area is 155 Å². The summed E-state index contributed by atoms with van der Waals surface area (Å²) >= 11 is 0. The van der Waals surface area contributed by atoms with E-state index in [1.54, 1.807) is 0 Å². The van der Waals surface area contributed by atoms with E-state index in [0.717, 1.165) is 24.2 Å². The quantitative estimate of drug-likeness (QED) is 0.733. The maximum Gasteiger partial charge on any atom is 0.220 e. The number of carbonyl (C=O) groups is 1. The van der Waals surface area contributed by atoms with E-state index in [4.69, 9.17) is 0 Å². The lowest BCUT2D eigenvalue weighted by Crippen LogP contribution is -2.25. The van der Waals surface area contributed by atoms with Gasteiger partial charge in [0.05, 0.1) is 5.69 Å². The summed E-state index contributed by atoms with van der Waals surface area (Å²) < 4.78 is 2.00. The number of nitrogens with zero attached hydrogens (tertiary/aromatic N) is 2. The van der Waals surface area contributed by atoms with E-state index in [2.05, 4.69) is 55.3 Å². The number of rotatable bonds is 6. The molecule has 0 bridgehead atoms. The average Bonchev–Trinajstić information content (AvgIpc) is 3.02. The SMILES string of the molecule is CC(C)(C)c1ccc(CCC(=O)NCCc2cn3ccccc3n2)cc1. The van der Waals surface area contributed by atoms with E-state index < -0.39 is 0 Å². The van der Waals surface area contributed by atoms with Gasteiger partial charge in [-0.3, -0.25) is 4.79 Å². The fourth-order valence-electron chi connectivity index (χ4n) is 2.96. The highest BCUT2D eigenvalue weighted by atomic mass is 16.1. The third-order valence-electron chi connectivity index (χ3n) is 4.58. The molecule has 136 valence electrons. The molecule has 3 rings (SSSR count). The van der Waals surface area contributed by atoms with Crippen molar-refractivity contribution in [2.75, 3.05) is 6.54 Å². The van der Waals surface area contributed by atoms with Gasteiger partial charge in [0.25, 0.3) is 0 Å². The Morgan fingerprint density at radius 1 is 1.08 bits per heavy atom. The molecular formula is C22H27N3O. The van der Waals surface area contributed by atoms with Crippen molar-refractivity contribution in [1.82, 2.24) is 14.7 Å². The van der Waals surface area contributed by atoms with E-state index in [-0.39, 0.29) is 11.3 Å². The number of imidazole rings is 1. The molecule has 26 heavy (non-hydrogen) atoms. The van der Waals surface area contributed by atoms with E-state index in [9.17, 15) is 4.79 Å². The Bertz CT molecular complexity index is 839. The molecule has 0 aliphatic heterocycles. The molecule has 4 nitrogen and oxygen atoms in total. The van der Waals surface area contributed by atoms with Gasteiger partial charge < -0.3 is 9.72 Å². The molecule has 0 saturated carbocycles. The molecule has 4 heteroatoms. The zero-order chi connectivity index (χ0) is 18.6. The highest BCUT2D eigenvalue weighted by molar-refractivity contribution is 5.76. The monoisotopic (exact) mass is 349 g/mol. The van der Waals surface area contributed by atoms with Crippen molar-refractivity contribution in [2.24, 2.45) is 0 Å². The number of benzene rings is 1. The standard InChI is InChI=1S/C22H27N3O/c1-22(2,3)18-10-7-17(8-11-18)9-12-21(26)23-14-13-19-16-25-15-5-4-6-20(25)24-19/h4-8,10-11,15-16H,9,12-14H2,1-3H3,(H,23,26). The van der Waals surface area contributed by atoms with Crippen LogP contribution in [0.1, 0.15) is 44.0 Å². The summed E-state index contributed by atoms with van der Waals surface area (Å²) in [5.74, 6) is 0.0914. The van der Waals surface area contributed by atoms with Crippen molar-refractivity contribution in [1.29, 1.82) is 0 Å². The third kappa shape index (κ3) is 4.72. The normalized spacial score (nSPS) is 11.7. The highest BCUT2D eigenvalue weighted by Gasteiger charge is 2.13. The van der Waals surface area contributed by atoms with Crippen molar-refractivity contribution in [3.8, 4) is 0 Å². The molecule has 0 atom stereocenters. The van der Waals surface area contributed by atoms with E-state index in [0.29, 0.717) is 13.0 Å². The molecule has 0 unspecified atom stereocenters. The molecule has 1 amide bonds. The molecule has 0 spiro atoms. The van der Waals surface area contributed by atoms with Gasteiger partial charge in [-0.1, -0.05) is 51.1 Å². The summed E-state index contributed by atoms with van der Waals surface area (Å²) in [6.07, 6.45) is 6.02. The smallest absolute Gasteiger partial charge is 0.220 e. The van der Waals surface area contributed by atoms with Crippen molar-refractivity contribution >= 4 is 11.6 Å². The number of hydrogen-bond donors (Lipinski definition) is 1. The van der Waals surface area contributed by atoms with E-state index >= 15 is 0 Å². The molecule has 3 aromatic rings. The average molecular weight is 349 g/mol. The number of fused-ring (bicyclic) bond motifs is 1. The second-order valence-corrected chi connectivity index (χ2v) is 7.75. The molecule has 0 saturated heterocycles. The van der Waals surface area contributed by atoms with Crippen LogP contribution in [0.25, 0.3) is 5.65 Å². The number of amides is 1. The van der Waals surface area contributed by atoms with Crippen LogP contribution in [0.3, 0.4) is 0 Å². The first-order valence-electron chi connectivity index (χ1n) is 9.20. The van der Waals surface area contributed by atoms with E-state index in [1.807, 2.05) is 35.0 Å². The van der Waals surface area contributed by atoms with Crippen LogP contribution in [0.2, 0.25) is 0 Å². The van der Waals surface area contributed by atoms with Crippen LogP contribution in [0, 0.1) is 0 Å². The first-order chi connectivity index (χ1) is 12.4. The van der Waals surface area contributed by atoms with Crippen molar-refractivity contribution in [2.45, 2.75) is 45.4 Å². The predicted octanol–water partition coefficient (Wildman–Crippen LogP) is 3.92. The van der Waals surface area contributed by atoms with Gasteiger partial charge in [-0.15, -0.1) is 0 Å². The molecule has 1 N–H and O–H groups in total. The van der Waals surface area contributed by atoms with Crippen LogP contribution >= 0.6 is 0 Å². The summed E-state index contributed by atoms with van der Waals surface area (Å²) in [5.41, 5.74) is 4.61. The van der Waals surface area contributed by atoms with Gasteiger partial charge in [-0.2, -0.15) is 0 Å². The lowest BCUT2D eigenvalue weighted by molar-refractivity contribution is -0.121. The third-order valence-corrected chi connectivity index (χ3v) is 4.58. The van der Waals surface area contributed by atoms with Crippen LogP contribution < -0.4 is 5.32 Å². The Morgan fingerprint density at radius 2 is 1.85 bits per heavy atom. The van der Waals surface area contributed by atoms with Crippen LogP contribution in [0.4, 0.5) is 0 Å². The van der Waals surface area contributed by atoms with Gasteiger partial charge in [-0.05, 0) is 35.1 Å². The second-order valence-electron chi connectivity index (χ2n) is 7.75. The van der Waals surface area contributed by atoms with Crippen molar-refractivity contribution in [3.63, 3.8) is 0 Å².